The molecule has 7 nitrogen and oxygen atoms in total. The number of hydrogen-bond acceptors (Lipinski definition) is 6. The Bertz CT molecular complexity index is 682. The molecule has 36 heavy (non-hydrogen) atoms. The summed E-state index contributed by atoms with van der Waals surface area (Å²) < 4.78 is 10.9. The molecule has 0 bridgehead atoms. The van der Waals surface area contributed by atoms with Crippen molar-refractivity contribution in [3.63, 3.8) is 0 Å². The van der Waals surface area contributed by atoms with E-state index in [1.54, 1.807) is 13.2 Å². The summed E-state index contributed by atoms with van der Waals surface area (Å²) in [5.41, 5.74) is 6.88. The Labute approximate surface area is 231 Å². The van der Waals surface area contributed by atoms with Crippen molar-refractivity contribution in [1.82, 2.24) is 10.6 Å². The van der Waals surface area contributed by atoms with Gasteiger partial charge in [-0.25, -0.2) is 0 Å². The first kappa shape index (κ1) is 37.1. The molecule has 0 unspecified atom stereocenters. The second kappa shape index (κ2) is 21.9. The van der Waals surface area contributed by atoms with Crippen LogP contribution in [0.2, 0.25) is 0 Å². The number of benzene rings is 1. The number of amides is 1. The summed E-state index contributed by atoms with van der Waals surface area (Å²) in [6.07, 6.45) is 5.24. The Morgan fingerprint density at radius 3 is 2.36 bits per heavy atom. The maximum absolute atomic E-state index is 12.9. The summed E-state index contributed by atoms with van der Waals surface area (Å²) >= 11 is 0. The summed E-state index contributed by atoms with van der Waals surface area (Å²) in [4.78, 5) is 12.9. The SMILES string of the molecule is CCCC[C@H](C)NC[C@H](O)[C@@H](N)C[C@H](CNC(=O)c1ccccc1OCCCCOC)C(C)C.Cl.Cl. The minimum absolute atomic E-state index is 0. The van der Waals surface area contributed by atoms with Gasteiger partial charge >= 0.3 is 0 Å². The maximum Gasteiger partial charge on any atom is 0.255 e. The molecule has 0 aliphatic rings. The highest BCUT2D eigenvalue weighted by molar-refractivity contribution is 5.96. The highest BCUT2D eigenvalue weighted by atomic mass is 35.5. The fraction of sp³-hybridized carbons (Fsp3) is 0.741. The van der Waals surface area contributed by atoms with Gasteiger partial charge < -0.3 is 30.9 Å². The van der Waals surface area contributed by atoms with Gasteiger partial charge in [-0.2, -0.15) is 0 Å². The van der Waals surface area contributed by atoms with E-state index in [1.807, 2.05) is 18.2 Å². The Balaban J connectivity index is 0. The van der Waals surface area contributed by atoms with Crippen LogP contribution in [0.5, 0.6) is 5.75 Å². The number of methoxy groups -OCH3 is 1. The predicted molar refractivity (Wildman–Crippen MR) is 154 cm³/mol. The number of aliphatic hydroxyl groups is 1. The molecule has 0 saturated carbocycles. The van der Waals surface area contributed by atoms with Crippen LogP contribution in [-0.4, -0.2) is 62.6 Å². The van der Waals surface area contributed by atoms with Crippen molar-refractivity contribution in [2.75, 3.05) is 33.4 Å². The third kappa shape index (κ3) is 15.2. The van der Waals surface area contributed by atoms with Gasteiger partial charge in [-0.15, -0.1) is 24.8 Å². The molecule has 0 radical (unpaired) electrons. The summed E-state index contributed by atoms with van der Waals surface area (Å²) in [6.45, 7) is 10.8. The van der Waals surface area contributed by atoms with E-state index in [9.17, 15) is 9.90 Å². The minimum Gasteiger partial charge on any atom is -0.493 e. The average molecular weight is 553 g/mol. The van der Waals surface area contributed by atoms with Crippen molar-refractivity contribution in [3.8, 4) is 5.75 Å². The lowest BCUT2D eigenvalue weighted by atomic mass is 9.87. The van der Waals surface area contributed by atoms with Crippen LogP contribution in [-0.2, 0) is 4.74 Å². The molecule has 5 N–H and O–H groups in total. The molecule has 0 aromatic heterocycles. The molecule has 0 heterocycles. The van der Waals surface area contributed by atoms with Gasteiger partial charge in [0.25, 0.3) is 5.91 Å². The summed E-state index contributed by atoms with van der Waals surface area (Å²) in [5, 5.41) is 17.0. The number of aliphatic hydroxyl groups excluding tert-OH is 1. The van der Waals surface area contributed by atoms with Crippen LogP contribution < -0.4 is 21.1 Å². The van der Waals surface area contributed by atoms with E-state index < -0.39 is 6.10 Å². The molecule has 0 saturated heterocycles. The maximum atomic E-state index is 12.9. The van der Waals surface area contributed by atoms with E-state index in [4.69, 9.17) is 15.2 Å². The Morgan fingerprint density at radius 2 is 1.72 bits per heavy atom. The number of unbranched alkanes of at least 4 members (excludes halogenated alkanes) is 2. The molecule has 0 aliphatic heterocycles. The predicted octanol–water partition coefficient (Wildman–Crippen LogP) is 4.58. The van der Waals surface area contributed by atoms with E-state index in [0.29, 0.717) is 56.0 Å². The van der Waals surface area contributed by atoms with E-state index in [0.717, 1.165) is 19.3 Å². The Hall–Kier alpha value is -1.09. The normalized spacial score (nSPS) is 14.2. The monoisotopic (exact) mass is 551 g/mol. The molecule has 0 aliphatic carbocycles. The molecule has 1 amide bonds. The van der Waals surface area contributed by atoms with Gasteiger partial charge in [-0.05, 0) is 56.6 Å². The Kier molecular flexibility index (Phi) is 22.6. The zero-order valence-electron chi connectivity index (χ0n) is 22.8. The molecule has 0 fully saturated rings. The van der Waals surface area contributed by atoms with Crippen LogP contribution in [0, 0.1) is 11.8 Å². The van der Waals surface area contributed by atoms with Crippen LogP contribution in [0.3, 0.4) is 0 Å². The molecule has 0 spiro atoms. The summed E-state index contributed by atoms with van der Waals surface area (Å²) in [6, 6.07) is 7.34. The fourth-order valence-corrected chi connectivity index (χ4v) is 3.81. The topological polar surface area (TPSA) is 106 Å². The number of ether oxygens (including phenoxy) is 2. The van der Waals surface area contributed by atoms with Gasteiger partial charge in [0.2, 0.25) is 0 Å². The molecule has 4 atom stereocenters. The number of halogens is 2. The quantitative estimate of drug-likeness (QED) is 0.187. The van der Waals surface area contributed by atoms with Gasteiger partial charge in [0.15, 0.2) is 0 Å². The third-order valence-electron chi connectivity index (χ3n) is 6.33. The first-order valence-corrected chi connectivity index (χ1v) is 13.0. The molecule has 1 aromatic carbocycles. The van der Waals surface area contributed by atoms with Crippen LogP contribution in [0.15, 0.2) is 24.3 Å². The number of nitrogens with one attached hydrogen (secondary N) is 2. The van der Waals surface area contributed by atoms with E-state index in [1.165, 1.54) is 12.8 Å². The standard InChI is InChI=1S/C27H49N3O4.2ClH/c1-6-7-12-21(4)29-19-25(31)24(28)17-22(20(2)3)18-30-27(32)23-13-8-9-14-26(23)34-16-11-10-15-33-5;;/h8-9,13-14,20-22,24-25,29,31H,6-7,10-12,15-19,28H2,1-5H3,(H,30,32);2*1H/t21-,22+,24-,25-;;/m0../s1. The molecular weight excluding hydrogens is 501 g/mol. The van der Waals surface area contributed by atoms with Crippen molar-refractivity contribution >= 4 is 30.7 Å². The van der Waals surface area contributed by atoms with Crippen LogP contribution >= 0.6 is 24.8 Å². The number of rotatable bonds is 19. The largest absolute Gasteiger partial charge is 0.493 e. The first-order chi connectivity index (χ1) is 16.3. The number of carbonyl (C=O) groups excluding carboxylic acids is 1. The van der Waals surface area contributed by atoms with Crippen LogP contribution in [0.1, 0.15) is 76.6 Å². The number of carbonyl (C=O) groups is 1. The van der Waals surface area contributed by atoms with E-state index >= 15 is 0 Å². The summed E-state index contributed by atoms with van der Waals surface area (Å²) in [5.74, 6) is 0.920. The highest BCUT2D eigenvalue weighted by Crippen LogP contribution is 2.20. The lowest BCUT2D eigenvalue weighted by Gasteiger charge is -2.28. The highest BCUT2D eigenvalue weighted by Gasteiger charge is 2.23. The zero-order chi connectivity index (χ0) is 25.3. The van der Waals surface area contributed by atoms with Gasteiger partial charge in [0.05, 0.1) is 18.3 Å². The molecule has 1 aromatic rings. The number of hydrogen-bond donors (Lipinski definition) is 4. The van der Waals surface area contributed by atoms with Crippen LogP contribution in [0.4, 0.5) is 0 Å². The fourth-order valence-electron chi connectivity index (χ4n) is 3.81. The Morgan fingerprint density at radius 1 is 1.06 bits per heavy atom. The van der Waals surface area contributed by atoms with Crippen molar-refractivity contribution in [2.24, 2.45) is 17.6 Å². The number of nitrogens with two attached hydrogens (primary N) is 1. The molecular formula is C27H51Cl2N3O4. The lowest BCUT2D eigenvalue weighted by molar-refractivity contribution is 0.0926. The second-order valence-corrected chi connectivity index (χ2v) is 9.68. The molecule has 9 heteroatoms. The van der Waals surface area contributed by atoms with Crippen molar-refractivity contribution in [1.29, 1.82) is 0 Å². The average Bonchev–Trinajstić information content (AvgIpc) is 2.83. The second-order valence-electron chi connectivity index (χ2n) is 9.68. The van der Waals surface area contributed by atoms with Gasteiger partial charge in [-0.3, -0.25) is 4.79 Å². The van der Waals surface area contributed by atoms with Crippen molar-refractivity contribution in [2.45, 2.75) is 84.4 Å². The van der Waals surface area contributed by atoms with Crippen LogP contribution in [0.25, 0.3) is 0 Å². The minimum atomic E-state index is -0.617. The number of para-hydroxylation sites is 1. The molecule has 1 rings (SSSR count). The zero-order valence-corrected chi connectivity index (χ0v) is 24.5. The first-order valence-electron chi connectivity index (χ1n) is 13.0. The van der Waals surface area contributed by atoms with E-state index in [2.05, 4.69) is 38.3 Å². The smallest absolute Gasteiger partial charge is 0.255 e. The van der Waals surface area contributed by atoms with Gasteiger partial charge in [0.1, 0.15) is 5.75 Å². The summed E-state index contributed by atoms with van der Waals surface area (Å²) in [7, 11) is 1.69. The van der Waals surface area contributed by atoms with Gasteiger partial charge in [0, 0.05) is 38.9 Å². The van der Waals surface area contributed by atoms with Gasteiger partial charge in [-0.1, -0.05) is 45.7 Å². The van der Waals surface area contributed by atoms with Crippen molar-refractivity contribution < 1.29 is 19.4 Å². The van der Waals surface area contributed by atoms with E-state index in [-0.39, 0.29) is 42.7 Å². The lowest BCUT2D eigenvalue weighted by Crippen LogP contribution is -2.46. The molecule has 212 valence electrons. The third-order valence-corrected chi connectivity index (χ3v) is 6.33. The van der Waals surface area contributed by atoms with Crippen molar-refractivity contribution in [3.05, 3.63) is 29.8 Å².